The van der Waals surface area contributed by atoms with E-state index in [4.69, 9.17) is 5.73 Å². The lowest BCUT2D eigenvalue weighted by Gasteiger charge is -2.18. The van der Waals surface area contributed by atoms with Crippen LogP contribution in [0.2, 0.25) is 0 Å². The average molecular weight is 415 g/mol. The van der Waals surface area contributed by atoms with Crippen LogP contribution in [-0.4, -0.2) is 31.2 Å². The van der Waals surface area contributed by atoms with Gasteiger partial charge in [-0.3, -0.25) is 4.79 Å². The lowest BCUT2D eigenvalue weighted by molar-refractivity contribution is 0.112. The number of pyridine rings is 1. The van der Waals surface area contributed by atoms with Crippen LogP contribution in [-0.2, 0) is 0 Å². The van der Waals surface area contributed by atoms with E-state index in [1.54, 1.807) is 12.3 Å². The maximum absolute atomic E-state index is 10.8. The number of rotatable bonds is 8. The summed E-state index contributed by atoms with van der Waals surface area (Å²) in [5.74, 6) is 0. The van der Waals surface area contributed by atoms with Crippen LogP contribution in [0, 0.1) is 0 Å². The van der Waals surface area contributed by atoms with Crippen molar-refractivity contribution in [3.05, 3.63) is 60.3 Å². The lowest BCUT2D eigenvalue weighted by Crippen LogP contribution is -2.17. The topological polar surface area (TPSA) is 71.6 Å². The summed E-state index contributed by atoms with van der Waals surface area (Å²) < 4.78 is 0. The van der Waals surface area contributed by atoms with Crippen molar-refractivity contribution >= 4 is 39.9 Å². The molecule has 29 heavy (non-hydrogen) atoms. The number of anilines is 1. The van der Waals surface area contributed by atoms with Crippen LogP contribution in [0.4, 0.5) is 5.69 Å². The Morgan fingerprint density at radius 3 is 2.52 bits per heavy atom. The van der Waals surface area contributed by atoms with Crippen LogP contribution < -0.4 is 10.6 Å². The van der Waals surface area contributed by atoms with Crippen LogP contribution in [0.15, 0.2) is 60.4 Å². The second kappa shape index (κ2) is 16.2. The summed E-state index contributed by atoms with van der Waals surface area (Å²) >= 11 is 1.44. The van der Waals surface area contributed by atoms with Crippen LogP contribution in [0.1, 0.15) is 49.7 Å². The number of carbonyl (C=O) groups is 1. The third kappa shape index (κ3) is 9.85. The van der Waals surface area contributed by atoms with Gasteiger partial charge in [-0.1, -0.05) is 39.5 Å². The standard InChI is InChI=1S/C12H14N2OS.C7H12N2.C4H8/c1-3-6-14(2)11-4-5-13-12-10(11)7-9(8-15)16-12;1-3-5-7(4-2)9-6-8;1-3-4-2/h4-5,7-8H,3,6H2,1-2H3;3,5-6H,1,4H2,2H3,(H2,8,9);3H,1,4H2,2H3/b;7-5+;. The summed E-state index contributed by atoms with van der Waals surface area (Å²) in [7, 11) is 2.07. The number of aldehydes is 1. The molecule has 0 aliphatic carbocycles. The predicted octanol–water partition coefficient (Wildman–Crippen LogP) is 5.99. The number of nitrogens with zero attached hydrogens (tertiary/aromatic N) is 3. The van der Waals surface area contributed by atoms with Gasteiger partial charge >= 0.3 is 0 Å². The van der Waals surface area contributed by atoms with Gasteiger partial charge in [0.25, 0.3) is 0 Å². The number of allylic oxidation sites excluding steroid dienone is 4. The Labute approximate surface area is 179 Å². The van der Waals surface area contributed by atoms with Gasteiger partial charge in [-0.25, -0.2) is 9.98 Å². The van der Waals surface area contributed by atoms with E-state index < -0.39 is 0 Å². The first kappa shape index (κ1) is 26.3. The third-order valence-electron chi connectivity index (χ3n) is 3.72. The normalized spacial score (nSPS) is 10.6. The van der Waals surface area contributed by atoms with Crippen LogP contribution >= 0.6 is 11.3 Å². The molecular formula is C23H34N4OS. The molecular weight excluding hydrogens is 380 g/mol. The Bertz CT molecular complexity index is 808. The van der Waals surface area contributed by atoms with E-state index in [1.807, 2.05) is 31.2 Å². The van der Waals surface area contributed by atoms with Gasteiger partial charge in [-0.15, -0.1) is 17.9 Å². The molecule has 2 aromatic rings. The molecule has 0 bridgehead atoms. The van der Waals surface area contributed by atoms with Crippen molar-refractivity contribution in [3.8, 4) is 0 Å². The average Bonchev–Trinajstić information content (AvgIpc) is 3.18. The number of aliphatic imine (C=N–C) groups is 1. The summed E-state index contributed by atoms with van der Waals surface area (Å²) in [6, 6.07) is 3.92. The van der Waals surface area contributed by atoms with E-state index in [2.05, 4.69) is 48.9 Å². The minimum Gasteiger partial charge on any atom is -0.390 e. The monoisotopic (exact) mass is 414 g/mol. The molecule has 6 heteroatoms. The molecule has 0 saturated heterocycles. The Hall–Kier alpha value is -2.73. The Morgan fingerprint density at radius 2 is 2.03 bits per heavy atom. The molecule has 5 nitrogen and oxygen atoms in total. The number of carbonyl (C=O) groups excluding carboxylic acids is 1. The molecule has 158 valence electrons. The maximum atomic E-state index is 10.8. The summed E-state index contributed by atoms with van der Waals surface area (Å²) in [5, 5.41) is 1.07. The number of aromatic nitrogens is 1. The van der Waals surface area contributed by atoms with Crippen molar-refractivity contribution in [2.45, 2.75) is 40.0 Å². The van der Waals surface area contributed by atoms with Gasteiger partial charge in [0.05, 0.1) is 11.2 Å². The number of nitrogens with two attached hydrogens (primary N) is 1. The summed E-state index contributed by atoms with van der Waals surface area (Å²) in [6.07, 6.45) is 12.5. The highest BCUT2D eigenvalue weighted by atomic mass is 32.1. The zero-order chi connectivity index (χ0) is 22.1. The smallest absolute Gasteiger partial charge is 0.160 e. The highest BCUT2D eigenvalue weighted by Crippen LogP contribution is 2.30. The fourth-order valence-corrected chi connectivity index (χ4v) is 3.11. The van der Waals surface area contributed by atoms with Gasteiger partial charge < -0.3 is 10.6 Å². The number of thiophene rings is 1. The molecule has 0 fully saturated rings. The molecule has 2 aromatic heterocycles. The summed E-state index contributed by atoms with van der Waals surface area (Å²) in [6.45, 7) is 14.3. The van der Waals surface area contributed by atoms with Gasteiger partial charge in [0, 0.05) is 36.6 Å². The van der Waals surface area contributed by atoms with Crippen LogP contribution in [0.25, 0.3) is 10.2 Å². The molecule has 0 spiro atoms. The van der Waals surface area contributed by atoms with Gasteiger partial charge in [0.2, 0.25) is 0 Å². The molecule has 0 aliphatic heterocycles. The van der Waals surface area contributed by atoms with E-state index in [1.165, 1.54) is 17.7 Å². The number of hydrogen-bond acceptors (Lipinski definition) is 5. The Kier molecular flexibility index (Phi) is 14.7. The molecule has 0 atom stereocenters. The first-order chi connectivity index (χ1) is 14.0. The summed E-state index contributed by atoms with van der Waals surface area (Å²) in [4.78, 5) is 22.8. The van der Waals surface area contributed by atoms with E-state index >= 15 is 0 Å². The van der Waals surface area contributed by atoms with Gasteiger partial charge in [0.1, 0.15) is 4.83 Å². The van der Waals surface area contributed by atoms with Crippen molar-refractivity contribution in [2.24, 2.45) is 10.7 Å². The molecule has 0 saturated carbocycles. The Balaban J connectivity index is 0.000000512. The molecule has 0 amide bonds. The highest BCUT2D eigenvalue weighted by molar-refractivity contribution is 7.20. The second-order valence-corrected chi connectivity index (χ2v) is 7.02. The third-order valence-corrected chi connectivity index (χ3v) is 4.69. The van der Waals surface area contributed by atoms with E-state index in [9.17, 15) is 4.79 Å². The summed E-state index contributed by atoms with van der Waals surface area (Å²) in [5.41, 5.74) is 7.17. The van der Waals surface area contributed by atoms with Crippen molar-refractivity contribution in [3.63, 3.8) is 0 Å². The first-order valence-electron chi connectivity index (χ1n) is 9.74. The van der Waals surface area contributed by atoms with Gasteiger partial charge in [-0.05, 0) is 37.5 Å². The molecule has 2 N–H and O–H groups in total. The molecule has 0 aliphatic rings. The zero-order valence-corrected chi connectivity index (χ0v) is 18.9. The fraction of sp³-hybridized carbons (Fsp3) is 0.348. The van der Waals surface area contributed by atoms with E-state index in [0.717, 1.165) is 58.6 Å². The number of fused-ring (bicyclic) bond motifs is 1. The van der Waals surface area contributed by atoms with Gasteiger partial charge in [-0.2, -0.15) is 0 Å². The molecule has 0 aromatic carbocycles. The van der Waals surface area contributed by atoms with Crippen LogP contribution in [0.3, 0.4) is 0 Å². The Morgan fingerprint density at radius 1 is 1.34 bits per heavy atom. The largest absolute Gasteiger partial charge is 0.390 e. The van der Waals surface area contributed by atoms with Gasteiger partial charge in [0.15, 0.2) is 6.29 Å². The van der Waals surface area contributed by atoms with Crippen molar-refractivity contribution < 1.29 is 4.79 Å². The maximum Gasteiger partial charge on any atom is 0.160 e. The molecule has 2 heterocycles. The molecule has 2 rings (SSSR count). The zero-order valence-electron chi connectivity index (χ0n) is 18.1. The minimum atomic E-state index is 0.736. The van der Waals surface area contributed by atoms with Crippen molar-refractivity contribution in [1.82, 2.24) is 4.98 Å². The first-order valence-corrected chi connectivity index (χ1v) is 10.6. The van der Waals surface area contributed by atoms with Crippen molar-refractivity contribution in [1.29, 1.82) is 0 Å². The van der Waals surface area contributed by atoms with Crippen LogP contribution in [0.5, 0.6) is 0 Å². The highest BCUT2D eigenvalue weighted by Gasteiger charge is 2.09. The number of hydrogen-bond donors (Lipinski definition) is 1. The molecule has 0 radical (unpaired) electrons. The minimum absolute atomic E-state index is 0.736. The SMILES string of the molecule is C=C/C=C(\CC)N=CN.C=CCC.CCCN(C)c1ccnc2sc(C=O)cc12. The van der Waals surface area contributed by atoms with E-state index in [-0.39, 0.29) is 0 Å². The van der Waals surface area contributed by atoms with E-state index in [0.29, 0.717) is 0 Å². The molecule has 0 unspecified atom stereocenters. The predicted molar refractivity (Wildman–Crippen MR) is 130 cm³/mol. The lowest BCUT2D eigenvalue weighted by atomic mass is 10.2. The fourth-order valence-electron chi connectivity index (χ4n) is 2.28. The second-order valence-electron chi connectivity index (χ2n) is 5.96. The quantitative estimate of drug-likeness (QED) is 0.189. The van der Waals surface area contributed by atoms with Crippen molar-refractivity contribution in [2.75, 3.05) is 18.5 Å².